The quantitative estimate of drug-likeness (QED) is 0.411. The van der Waals surface area contributed by atoms with Crippen LogP contribution in [0, 0.1) is 0 Å². The van der Waals surface area contributed by atoms with Crippen molar-refractivity contribution < 1.29 is 0 Å². The SMILES string of the molecule is C.C1CCC1. The largest absolute Gasteiger partial charge is 0.0776 e. The first kappa shape index (κ1) is 5.00. The summed E-state index contributed by atoms with van der Waals surface area (Å²) in [6, 6.07) is 0. The molecule has 0 bridgehead atoms. The molecule has 1 rings (SSSR count). The first-order chi connectivity index (χ1) is 2.00. The van der Waals surface area contributed by atoms with Crippen LogP contribution in [0.15, 0.2) is 0 Å². The van der Waals surface area contributed by atoms with Gasteiger partial charge >= 0.3 is 0 Å². The predicted molar refractivity (Wildman–Crippen MR) is 25.2 cm³/mol. The van der Waals surface area contributed by atoms with Crippen molar-refractivity contribution in [3.05, 3.63) is 0 Å². The molecule has 0 heterocycles. The molecule has 1 fully saturated rings. The van der Waals surface area contributed by atoms with Gasteiger partial charge in [0, 0.05) is 0 Å². The maximum Gasteiger partial charge on any atom is -0.0533 e. The molecule has 0 nitrogen and oxygen atoms in total. The molecule has 0 aromatic rings. The molecule has 0 atom stereocenters. The average molecular weight is 72.2 g/mol. The smallest absolute Gasteiger partial charge is 0.0533 e. The molecule has 0 unspecified atom stereocenters. The minimum Gasteiger partial charge on any atom is -0.0776 e. The Morgan fingerprint density at radius 3 is 0.800 bits per heavy atom. The molecule has 0 radical (unpaired) electrons. The van der Waals surface area contributed by atoms with Crippen LogP contribution in [-0.4, -0.2) is 0 Å². The summed E-state index contributed by atoms with van der Waals surface area (Å²) in [6.45, 7) is 0. The summed E-state index contributed by atoms with van der Waals surface area (Å²) in [7, 11) is 0. The highest BCUT2D eigenvalue weighted by atomic mass is 14.0. The van der Waals surface area contributed by atoms with Gasteiger partial charge in [-0.3, -0.25) is 0 Å². The van der Waals surface area contributed by atoms with Gasteiger partial charge in [0.2, 0.25) is 0 Å². The van der Waals surface area contributed by atoms with Crippen LogP contribution in [-0.2, 0) is 0 Å². The van der Waals surface area contributed by atoms with E-state index >= 15 is 0 Å². The van der Waals surface area contributed by atoms with Gasteiger partial charge in [-0.1, -0.05) is 33.1 Å². The van der Waals surface area contributed by atoms with Crippen LogP contribution < -0.4 is 0 Å². The Morgan fingerprint density at radius 2 is 0.800 bits per heavy atom. The zero-order chi connectivity index (χ0) is 2.83. The molecule has 1 aliphatic rings. The van der Waals surface area contributed by atoms with Crippen molar-refractivity contribution in [1.29, 1.82) is 0 Å². The van der Waals surface area contributed by atoms with E-state index in [0.29, 0.717) is 0 Å². The Bertz CT molecular complexity index is 8.00. The normalized spacial score (nSPS) is 19.2. The van der Waals surface area contributed by atoms with Gasteiger partial charge in [0.05, 0.1) is 0 Å². The highest BCUT2D eigenvalue weighted by Gasteiger charge is 1.95. The molecule has 1 aliphatic carbocycles. The third kappa shape index (κ3) is 1.00. The number of hydrogen-bond acceptors (Lipinski definition) is 0. The fraction of sp³-hybridized carbons (Fsp3) is 1.00. The standard InChI is InChI=1S/C4H8.CH4/c1-2-4-3-1;/h1-4H2;1H4. The van der Waals surface area contributed by atoms with Crippen LogP contribution in [0.25, 0.3) is 0 Å². The lowest BCUT2D eigenvalue weighted by Gasteiger charge is -2.05. The first-order valence-electron chi connectivity index (χ1n) is 2.00. The minimum absolute atomic E-state index is 0. The van der Waals surface area contributed by atoms with Gasteiger partial charge in [0.25, 0.3) is 0 Å². The first-order valence-corrected chi connectivity index (χ1v) is 2.00. The molecular weight excluding hydrogens is 60.1 g/mol. The molecule has 0 N–H and O–H groups in total. The van der Waals surface area contributed by atoms with Gasteiger partial charge in [0.15, 0.2) is 0 Å². The van der Waals surface area contributed by atoms with Crippen LogP contribution >= 0.6 is 0 Å². The van der Waals surface area contributed by atoms with Gasteiger partial charge in [-0.15, -0.1) is 0 Å². The molecule has 0 amide bonds. The highest BCUT2D eigenvalue weighted by molar-refractivity contribution is 4.50. The Balaban J connectivity index is 0.000000160. The molecule has 1 saturated carbocycles. The second-order valence-corrected chi connectivity index (χ2v) is 1.41. The van der Waals surface area contributed by atoms with Crippen molar-refractivity contribution in [3.8, 4) is 0 Å². The Hall–Kier alpha value is 0. The number of rotatable bonds is 0. The molecule has 0 heteroatoms. The third-order valence-electron chi connectivity index (χ3n) is 1.000. The van der Waals surface area contributed by atoms with Crippen LogP contribution in [0.2, 0.25) is 0 Å². The summed E-state index contributed by atoms with van der Waals surface area (Å²) in [5.74, 6) is 0. The van der Waals surface area contributed by atoms with Gasteiger partial charge in [0.1, 0.15) is 0 Å². The summed E-state index contributed by atoms with van der Waals surface area (Å²) in [4.78, 5) is 0. The third-order valence-corrected chi connectivity index (χ3v) is 1.000. The molecule has 5 heavy (non-hydrogen) atoms. The van der Waals surface area contributed by atoms with Crippen molar-refractivity contribution in [1.82, 2.24) is 0 Å². The summed E-state index contributed by atoms with van der Waals surface area (Å²) >= 11 is 0. The van der Waals surface area contributed by atoms with Crippen molar-refractivity contribution >= 4 is 0 Å². The lowest BCUT2D eigenvalue weighted by Crippen LogP contribution is -1.85. The van der Waals surface area contributed by atoms with Crippen LogP contribution in [0.4, 0.5) is 0 Å². The second kappa shape index (κ2) is 2.25. The predicted octanol–water partition coefficient (Wildman–Crippen LogP) is 2.20. The Morgan fingerprint density at radius 1 is 0.600 bits per heavy atom. The fourth-order valence-corrected chi connectivity index (χ4v) is 0.250. The molecule has 0 saturated heterocycles. The highest BCUT2D eigenvalue weighted by Crippen LogP contribution is 2.15. The summed E-state index contributed by atoms with van der Waals surface area (Å²) in [5.41, 5.74) is 0. The fourth-order valence-electron chi connectivity index (χ4n) is 0.250. The van der Waals surface area contributed by atoms with Crippen molar-refractivity contribution in [2.24, 2.45) is 0 Å². The van der Waals surface area contributed by atoms with E-state index in [1.807, 2.05) is 0 Å². The van der Waals surface area contributed by atoms with E-state index in [-0.39, 0.29) is 7.43 Å². The summed E-state index contributed by atoms with van der Waals surface area (Å²) in [5, 5.41) is 0. The molecule has 0 aliphatic heterocycles. The lowest BCUT2D eigenvalue weighted by atomic mass is 10.0. The maximum absolute atomic E-state index is 1.50. The lowest BCUT2D eigenvalue weighted by molar-refractivity contribution is 0.504. The maximum atomic E-state index is 1.50. The second-order valence-electron chi connectivity index (χ2n) is 1.41. The zero-order valence-corrected chi connectivity index (χ0v) is 2.83. The molecule has 0 aromatic carbocycles. The Labute approximate surface area is 34.2 Å². The van der Waals surface area contributed by atoms with Gasteiger partial charge < -0.3 is 0 Å². The molecular formula is C5H12. The molecule has 0 spiro atoms. The average Bonchev–Trinajstić information content (AvgIpc) is 0.722. The van der Waals surface area contributed by atoms with Gasteiger partial charge in [-0.2, -0.15) is 0 Å². The summed E-state index contributed by atoms with van der Waals surface area (Å²) in [6.07, 6.45) is 6.00. The van der Waals surface area contributed by atoms with E-state index in [2.05, 4.69) is 0 Å². The zero-order valence-electron chi connectivity index (χ0n) is 2.83. The van der Waals surface area contributed by atoms with E-state index in [4.69, 9.17) is 0 Å². The van der Waals surface area contributed by atoms with E-state index in [9.17, 15) is 0 Å². The topological polar surface area (TPSA) is 0 Å². The summed E-state index contributed by atoms with van der Waals surface area (Å²) < 4.78 is 0. The van der Waals surface area contributed by atoms with Crippen LogP contribution in [0.3, 0.4) is 0 Å². The molecule has 0 aromatic heterocycles. The minimum atomic E-state index is 0. The van der Waals surface area contributed by atoms with Crippen LogP contribution in [0.1, 0.15) is 33.1 Å². The van der Waals surface area contributed by atoms with Crippen molar-refractivity contribution in [3.63, 3.8) is 0 Å². The Kier molecular flexibility index (Phi) is 2.25. The van der Waals surface area contributed by atoms with E-state index < -0.39 is 0 Å². The number of hydrogen-bond donors (Lipinski definition) is 0. The monoisotopic (exact) mass is 72.1 g/mol. The van der Waals surface area contributed by atoms with E-state index in [1.165, 1.54) is 25.7 Å². The van der Waals surface area contributed by atoms with E-state index in [0.717, 1.165) is 0 Å². The van der Waals surface area contributed by atoms with Crippen molar-refractivity contribution in [2.75, 3.05) is 0 Å². The van der Waals surface area contributed by atoms with Gasteiger partial charge in [-0.05, 0) is 0 Å². The van der Waals surface area contributed by atoms with Crippen molar-refractivity contribution in [2.45, 2.75) is 33.1 Å². The van der Waals surface area contributed by atoms with Crippen LogP contribution in [0.5, 0.6) is 0 Å². The van der Waals surface area contributed by atoms with E-state index in [1.54, 1.807) is 0 Å². The van der Waals surface area contributed by atoms with Gasteiger partial charge in [-0.25, -0.2) is 0 Å². The molecule has 32 valence electrons.